The van der Waals surface area contributed by atoms with Crippen molar-refractivity contribution in [1.82, 2.24) is 0 Å². The Morgan fingerprint density at radius 3 is 1.97 bits per heavy atom. The van der Waals surface area contributed by atoms with Crippen molar-refractivity contribution in [3.05, 3.63) is 132 Å². The van der Waals surface area contributed by atoms with Crippen LogP contribution in [0.2, 0.25) is 0 Å². The second-order valence-corrected chi connectivity index (χ2v) is 10.3. The van der Waals surface area contributed by atoms with Crippen LogP contribution in [0.25, 0.3) is 0 Å². The number of hydrogen-bond acceptors (Lipinski definition) is 3. The van der Waals surface area contributed by atoms with Crippen LogP contribution in [0.15, 0.2) is 132 Å². The molecule has 1 aliphatic heterocycles. The summed E-state index contributed by atoms with van der Waals surface area (Å²) in [6.45, 7) is 26.7. The highest BCUT2D eigenvalue weighted by Crippen LogP contribution is 2.56. The molecule has 2 aliphatic rings. The SMILES string of the molecule is C=C/C=C\N=C(C)C1(c2ccccc2)C(=C/C=C)/C(=C\C)C(=C/C)/C1=C\C(=C)B1OC(C)(C)C(C)(C)O1. The van der Waals surface area contributed by atoms with E-state index in [9.17, 15) is 0 Å². The highest BCUT2D eigenvalue weighted by atomic mass is 16.7. The second-order valence-electron chi connectivity index (χ2n) is 10.3. The summed E-state index contributed by atoms with van der Waals surface area (Å²) in [6.07, 6.45) is 15.8. The maximum atomic E-state index is 6.36. The van der Waals surface area contributed by atoms with E-state index in [1.165, 1.54) is 0 Å². The third-order valence-corrected chi connectivity index (χ3v) is 7.67. The Morgan fingerprint density at radius 2 is 1.46 bits per heavy atom. The fraction of sp³-hybridized carbons (Fsp3) is 0.303. The molecular formula is C33H40BNO2. The van der Waals surface area contributed by atoms with Crippen LogP contribution in [0.1, 0.15) is 54.0 Å². The molecular weight excluding hydrogens is 453 g/mol. The fourth-order valence-corrected chi connectivity index (χ4v) is 5.14. The molecule has 3 rings (SSSR count). The van der Waals surface area contributed by atoms with Gasteiger partial charge in [-0.2, -0.15) is 0 Å². The highest BCUT2D eigenvalue weighted by Gasteiger charge is 2.54. The summed E-state index contributed by atoms with van der Waals surface area (Å²) in [7, 11) is -0.552. The number of rotatable bonds is 7. The maximum absolute atomic E-state index is 6.36. The molecule has 0 N–H and O–H groups in total. The van der Waals surface area contributed by atoms with Gasteiger partial charge in [0.15, 0.2) is 0 Å². The molecule has 0 radical (unpaired) electrons. The topological polar surface area (TPSA) is 30.8 Å². The number of benzene rings is 1. The molecule has 37 heavy (non-hydrogen) atoms. The van der Waals surface area contributed by atoms with Crippen molar-refractivity contribution in [3.63, 3.8) is 0 Å². The van der Waals surface area contributed by atoms with Crippen LogP contribution >= 0.6 is 0 Å². The molecule has 0 aromatic heterocycles. The first-order valence-electron chi connectivity index (χ1n) is 12.8. The monoisotopic (exact) mass is 493 g/mol. The summed E-state index contributed by atoms with van der Waals surface area (Å²) in [5.41, 5.74) is 5.68. The molecule has 3 nitrogen and oxygen atoms in total. The average molecular weight is 494 g/mol. The summed E-state index contributed by atoms with van der Waals surface area (Å²) in [5, 5.41) is 0. The molecule has 192 valence electrons. The molecule has 0 bridgehead atoms. The van der Waals surface area contributed by atoms with E-state index < -0.39 is 23.7 Å². The molecule has 1 unspecified atom stereocenters. The zero-order chi connectivity index (χ0) is 27.4. The molecule has 1 heterocycles. The summed E-state index contributed by atoms with van der Waals surface area (Å²) in [4.78, 5) is 4.92. The average Bonchev–Trinajstić information content (AvgIpc) is 3.25. The third-order valence-electron chi connectivity index (χ3n) is 7.67. The van der Waals surface area contributed by atoms with Crippen molar-refractivity contribution in [2.45, 2.75) is 65.1 Å². The van der Waals surface area contributed by atoms with Gasteiger partial charge < -0.3 is 9.31 Å². The summed E-state index contributed by atoms with van der Waals surface area (Å²) >= 11 is 0. The first kappa shape index (κ1) is 28.4. The van der Waals surface area contributed by atoms with E-state index in [-0.39, 0.29) is 0 Å². The molecule has 1 aromatic rings. The van der Waals surface area contributed by atoms with Crippen molar-refractivity contribution in [2.24, 2.45) is 4.99 Å². The minimum absolute atomic E-state index is 0.454. The lowest BCUT2D eigenvalue weighted by molar-refractivity contribution is 0.00578. The van der Waals surface area contributed by atoms with Gasteiger partial charge in [-0.25, -0.2) is 0 Å². The van der Waals surface area contributed by atoms with E-state index in [0.717, 1.165) is 39.0 Å². The lowest BCUT2D eigenvalue weighted by Crippen LogP contribution is -2.41. The van der Waals surface area contributed by atoms with Gasteiger partial charge in [-0.15, -0.1) is 0 Å². The number of aliphatic imine (C=N–C) groups is 1. The van der Waals surface area contributed by atoms with Crippen LogP contribution in [0.3, 0.4) is 0 Å². The van der Waals surface area contributed by atoms with Crippen LogP contribution in [0.4, 0.5) is 0 Å². The van der Waals surface area contributed by atoms with Gasteiger partial charge in [0.1, 0.15) is 0 Å². The van der Waals surface area contributed by atoms with Crippen LogP contribution in [-0.2, 0) is 14.7 Å². The Balaban J connectivity index is 2.39. The maximum Gasteiger partial charge on any atom is 0.494 e. The second kappa shape index (κ2) is 11.0. The predicted octanol–water partition coefficient (Wildman–Crippen LogP) is 8.22. The van der Waals surface area contributed by atoms with Gasteiger partial charge >= 0.3 is 7.12 Å². The van der Waals surface area contributed by atoms with Gasteiger partial charge in [0.05, 0.1) is 16.6 Å². The first-order valence-corrected chi connectivity index (χ1v) is 12.8. The van der Waals surface area contributed by atoms with E-state index in [0.29, 0.717) is 0 Å². The Labute approximate surface area is 224 Å². The van der Waals surface area contributed by atoms with Crippen LogP contribution in [-0.4, -0.2) is 24.0 Å². The van der Waals surface area contributed by atoms with E-state index >= 15 is 0 Å². The normalized spacial score (nSPS) is 27.6. The van der Waals surface area contributed by atoms with E-state index in [4.69, 9.17) is 14.3 Å². The minimum Gasteiger partial charge on any atom is -0.399 e. The zero-order valence-electron chi connectivity index (χ0n) is 23.5. The van der Waals surface area contributed by atoms with Crippen molar-refractivity contribution in [2.75, 3.05) is 0 Å². The summed E-state index contributed by atoms with van der Waals surface area (Å²) in [5.74, 6) is 0. The van der Waals surface area contributed by atoms with Crippen molar-refractivity contribution in [3.8, 4) is 0 Å². The highest BCUT2D eigenvalue weighted by molar-refractivity contribution is 6.55. The Hall–Kier alpha value is -3.21. The number of hydrogen-bond donors (Lipinski definition) is 0. The van der Waals surface area contributed by atoms with Crippen LogP contribution in [0, 0.1) is 0 Å². The van der Waals surface area contributed by atoms with Gasteiger partial charge in [-0.05, 0) is 87.9 Å². The smallest absolute Gasteiger partial charge is 0.399 e. The molecule has 2 fully saturated rings. The zero-order valence-corrected chi connectivity index (χ0v) is 23.5. The quantitative estimate of drug-likeness (QED) is 0.218. The lowest BCUT2D eigenvalue weighted by atomic mass is 9.67. The molecule has 1 saturated heterocycles. The van der Waals surface area contributed by atoms with Gasteiger partial charge in [0, 0.05) is 11.9 Å². The van der Waals surface area contributed by atoms with Gasteiger partial charge in [-0.1, -0.05) is 86.5 Å². The molecule has 1 atom stereocenters. The van der Waals surface area contributed by atoms with E-state index in [1.54, 1.807) is 12.3 Å². The fourth-order valence-electron chi connectivity index (χ4n) is 5.14. The predicted molar refractivity (Wildman–Crippen MR) is 160 cm³/mol. The number of nitrogens with zero attached hydrogens (tertiary/aromatic N) is 1. The van der Waals surface area contributed by atoms with Crippen molar-refractivity contribution in [1.29, 1.82) is 0 Å². The minimum atomic E-state index is -0.669. The van der Waals surface area contributed by atoms with Gasteiger partial charge in [0.2, 0.25) is 0 Å². The Kier molecular flexibility index (Phi) is 8.47. The Bertz CT molecular complexity index is 1240. The molecule has 1 saturated carbocycles. The molecule has 0 spiro atoms. The largest absolute Gasteiger partial charge is 0.494 e. The standard InChI is InChI=1S/C33H40BNO2/c1-11-15-22-35-25(6)33(26-20-17-16-18-21-26)29(19-12-2)27(13-3)28(14-4)30(33)23-24(5)34-36-31(7,8)32(9,10)37-34/h11-23H,1-2,5H2,3-4,6-10H3/b22-15-,27-13-,28-14-,29-19+,30-23+,35-25?. The van der Waals surface area contributed by atoms with Crippen molar-refractivity contribution < 1.29 is 9.31 Å². The number of allylic oxidation sites excluding steroid dienone is 12. The molecule has 1 aliphatic carbocycles. The molecule has 1 aromatic carbocycles. The summed E-state index contributed by atoms with van der Waals surface area (Å²) in [6, 6.07) is 10.5. The summed E-state index contributed by atoms with van der Waals surface area (Å²) < 4.78 is 12.7. The molecule has 0 amide bonds. The van der Waals surface area contributed by atoms with Crippen LogP contribution in [0.5, 0.6) is 0 Å². The first-order chi connectivity index (χ1) is 17.5. The van der Waals surface area contributed by atoms with Gasteiger partial charge in [0.25, 0.3) is 0 Å². The molecule has 4 heteroatoms. The van der Waals surface area contributed by atoms with E-state index in [2.05, 4.69) is 117 Å². The lowest BCUT2D eigenvalue weighted by Gasteiger charge is -2.34. The van der Waals surface area contributed by atoms with Crippen LogP contribution < -0.4 is 0 Å². The van der Waals surface area contributed by atoms with Gasteiger partial charge in [-0.3, -0.25) is 4.99 Å². The van der Waals surface area contributed by atoms with Crippen molar-refractivity contribution >= 4 is 12.8 Å². The van der Waals surface area contributed by atoms with E-state index in [1.807, 2.05) is 18.2 Å². The Morgan fingerprint density at radius 1 is 0.892 bits per heavy atom. The third kappa shape index (κ3) is 4.88.